The number of rotatable bonds is 1. The van der Waals surface area contributed by atoms with Crippen LogP contribution < -0.4 is 0 Å². The van der Waals surface area contributed by atoms with Gasteiger partial charge in [-0.05, 0) is 6.92 Å². The predicted molar refractivity (Wildman–Crippen MR) is 36.4 cm³/mol. The Balaban J connectivity index is 0.000000810. The molecular weight excluding hydrogens is 152 g/mol. The van der Waals surface area contributed by atoms with Crippen LogP contribution in [0.25, 0.3) is 0 Å². The molecule has 0 saturated carbocycles. The Bertz CT molecular complexity index is 206. The number of ketones is 1. The molecule has 0 unspecified atom stereocenters. The van der Waals surface area contributed by atoms with Crippen LogP contribution in [0.5, 0.6) is 0 Å². The summed E-state index contributed by atoms with van der Waals surface area (Å²) in [5, 5.41) is 0. The third-order valence-corrected chi connectivity index (χ3v) is 1.18. The molecule has 0 radical (unpaired) electrons. The van der Waals surface area contributed by atoms with E-state index >= 15 is 0 Å². The van der Waals surface area contributed by atoms with E-state index in [1.165, 1.54) is 0 Å². The van der Waals surface area contributed by atoms with Crippen LogP contribution in [0.15, 0.2) is 30.3 Å². The fourth-order valence-corrected chi connectivity index (χ4v) is 0.673. The van der Waals surface area contributed by atoms with Gasteiger partial charge in [0.25, 0.3) is 0 Å². The Morgan fingerprint density at radius 3 is 2.00 bits per heavy atom. The monoisotopic (exact) mass is 160 g/mol. The minimum atomic E-state index is 0. The van der Waals surface area contributed by atoms with Crippen LogP contribution in [0.1, 0.15) is 17.3 Å². The summed E-state index contributed by atoms with van der Waals surface area (Å²) in [6.45, 7) is 1.56. The molecule has 2 heteroatoms. The van der Waals surface area contributed by atoms with Crippen LogP contribution in [0.3, 0.4) is 0 Å². The molecule has 10 heavy (non-hydrogen) atoms. The summed E-state index contributed by atoms with van der Waals surface area (Å²) in [6, 6.07) is 9.23. The Morgan fingerprint density at radius 2 is 1.70 bits per heavy atom. The van der Waals surface area contributed by atoms with Crippen molar-refractivity contribution in [1.29, 1.82) is 0 Å². The average molecular weight is 160 g/mol. The molecule has 1 aromatic rings. The standard InChI is InChI=1S/C8H8O.Ar/c1-7(9)8-5-3-2-4-6-8;/h2-6H,1H3;. The summed E-state index contributed by atoms with van der Waals surface area (Å²) in [5.41, 5.74) is 0.775. The number of carbonyl (C=O) groups is 1. The topological polar surface area (TPSA) is 17.1 Å². The molecule has 0 amide bonds. The number of Topliss-reactive ketones (excluding diaryl/α,β-unsaturated/α-hetero) is 1. The largest absolute Gasteiger partial charge is 0.295 e. The third-order valence-electron chi connectivity index (χ3n) is 1.18. The molecule has 0 saturated heterocycles. The molecule has 0 aliphatic carbocycles. The average Bonchev–Trinajstić information content (AvgIpc) is 1.90. The molecule has 1 aromatic carbocycles. The molecule has 0 heterocycles. The van der Waals surface area contributed by atoms with E-state index in [9.17, 15) is 4.79 Å². The van der Waals surface area contributed by atoms with Gasteiger partial charge in [0.2, 0.25) is 0 Å². The smallest absolute Gasteiger partial charge is 0.159 e. The summed E-state index contributed by atoms with van der Waals surface area (Å²) < 4.78 is 0. The summed E-state index contributed by atoms with van der Waals surface area (Å²) in [5.74, 6) is 0.121. The maximum Gasteiger partial charge on any atom is 0.159 e. The fourth-order valence-electron chi connectivity index (χ4n) is 0.673. The first-order valence-corrected chi connectivity index (χ1v) is 2.86. The van der Waals surface area contributed by atoms with Gasteiger partial charge in [0.15, 0.2) is 5.78 Å². The van der Waals surface area contributed by atoms with E-state index in [-0.39, 0.29) is 43.5 Å². The molecule has 0 spiro atoms. The minimum absolute atomic E-state index is 0. The quantitative estimate of drug-likeness (QED) is 0.573. The Labute approximate surface area is 90.4 Å². The Kier molecular flexibility index (Phi) is 4.96. The molecule has 0 aromatic heterocycles. The number of benzene rings is 1. The van der Waals surface area contributed by atoms with E-state index in [2.05, 4.69) is 0 Å². The summed E-state index contributed by atoms with van der Waals surface area (Å²) in [7, 11) is 0. The van der Waals surface area contributed by atoms with Crippen LogP contribution in [0, 0.1) is 37.7 Å². The van der Waals surface area contributed by atoms with Crippen LogP contribution >= 0.6 is 0 Å². The second kappa shape index (κ2) is 4.89. The van der Waals surface area contributed by atoms with Crippen molar-refractivity contribution in [3.63, 3.8) is 0 Å². The van der Waals surface area contributed by atoms with E-state index in [0.29, 0.717) is 0 Å². The number of carbonyl (C=O) groups excluding carboxylic acids is 1. The molecular formula is C8H8ArO. The number of hydrogen-bond donors (Lipinski definition) is 0. The van der Waals surface area contributed by atoms with Crippen LogP contribution in [-0.4, -0.2) is 5.78 Å². The second-order valence-electron chi connectivity index (χ2n) is 1.92. The third kappa shape index (κ3) is 2.82. The first kappa shape index (κ1) is 10.1. The van der Waals surface area contributed by atoms with Gasteiger partial charge in [-0.15, -0.1) is 0 Å². The van der Waals surface area contributed by atoms with Crippen molar-refractivity contribution >= 4 is 5.78 Å². The molecule has 1 nitrogen and oxygen atoms in total. The Morgan fingerprint density at radius 1 is 1.20 bits per heavy atom. The van der Waals surface area contributed by atoms with Gasteiger partial charge in [-0.25, -0.2) is 0 Å². The van der Waals surface area contributed by atoms with Gasteiger partial charge in [-0.1, -0.05) is 30.3 Å². The van der Waals surface area contributed by atoms with E-state index < -0.39 is 0 Å². The van der Waals surface area contributed by atoms with Crippen molar-refractivity contribution < 1.29 is 42.5 Å². The zero-order chi connectivity index (χ0) is 6.69. The van der Waals surface area contributed by atoms with E-state index in [1.807, 2.05) is 30.3 Å². The Hall–Kier alpha value is 0.150. The predicted octanol–water partition coefficient (Wildman–Crippen LogP) is 1.89. The zero-order valence-corrected chi connectivity index (χ0v) is 6.36. The van der Waals surface area contributed by atoms with Gasteiger partial charge in [0.05, 0.1) is 0 Å². The summed E-state index contributed by atoms with van der Waals surface area (Å²) >= 11 is 0. The van der Waals surface area contributed by atoms with Crippen molar-refractivity contribution in [2.75, 3.05) is 0 Å². The van der Waals surface area contributed by atoms with Crippen LogP contribution in [0.2, 0.25) is 0 Å². The van der Waals surface area contributed by atoms with Crippen LogP contribution in [-0.2, 0) is 0 Å². The fraction of sp³-hybridized carbons (Fsp3) is 0.125. The van der Waals surface area contributed by atoms with E-state index in [1.54, 1.807) is 6.92 Å². The first-order chi connectivity index (χ1) is 4.30. The molecule has 0 atom stereocenters. The number of hydrogen-bond acceptors (Lipinski definition) is 1. The van der Waals surface area contributed by atoms with Crippen molar-refractivity contribution in [3.8, 4) is 0 Å². The van der Waals surface area contributed by atoms with Gasteiger partial charge >= 0.3 is 0 Å². The normalized spacial score (nSPS) is 8.10. The van der Waals surface area contributed by atoms with Crippen molar-refractivity contribution in [2.24, 2.45) is 0 Å². The summed E-state index contributed by atoms with van der Waals surface area (Å²) in [6.07, 6.45) is 0. The van der Waals surface area contributed by atoms with Gasteiger partial charge in [0, 0.05) is 43.3 Å². The molecule has 0 aliphatic heterocycles. The minimum Gasteiger partial charge on any atom is -0.295 e. The first-order valence-electron chi connectivity index (χ1n) is 2.86. The molecule has 1 rings (SSSR count). The van der Waals surface area contributed by atoms with E-state index in [4.69, 9.17) is 0 Å². The van der Waals surface area contributed by atoms with Gasteiger partial charge < -0.3 is 0 Å². The summed E-state index contributed by atoms with van der Waals surface area (Å²) in [4.78, 5) is 10.6. The zero-order valence-electron chi connectivity index (χ0n) is 5.65. The second-order valence-corrected chi connectivity index (χ2v) is 1.92. The maximum absolute atomic E-state index is 10.6. The molecule has 0 fully saturated rings. The molecule has 0 N–H and O–H groups in total. The van der Waals surface area contributed by atoms with Crippen molar-refractivity contribution in [1.82, 2.24) is 0 Å². The van der Waals surface area contributed by atoms with Gasteiger partial charge in [0.1, 0.15) is 0 Å². The van der Waals surface area contributed by atoms with Crippen molar-refractivity contribution in [2.45, 2.75) is 6.92 Å². The van der Waals surface area contributed by atoms with E-state index in [0.717, 1.165) is 5.56 Å². The van der Waals surface area contributed by atoms with Gasteiger partial charge in [-0.3, -0.25) is 4.79 Å². The maximum atomic E-state index is 10.6. The van der Waals surface area contributed by atoms with Crippen molar-refractivity contribution in [3.05, 3.63) is 35.9 Å². The van der Waals surface area contributed by atoms with Crippen LogP contribution in [0.4, 0.5) is 0 Å². The molecule has 0 bridgehead atoms. The van der Waals surface area contributed by atoms with Gasteiger partial charge in [-0.2, -0.15) is 0 Å². The molecule has 0 aliphatic rings. The SMILES string of the molecule is CC(=O)c1ccccc1.[Ar]. The molecule has 54 valence electrons.